The summed E-state index contributed by atoms with van der Waals surface area (Å²) in [6.45, 7) is 2.27. The zero-order valence-corrected chi connectivity index (χ0v) is 10.5. The van der Waals surface area contributed by atoms with Crippen LogP contribution in [0.5, 0.6) is 0 Å². The van der Waals surface area contributed by atoms with Crippen molar-refractivity contribution in [1.29, 1.82) is 0 Å². The molecular weight excluding hydrogens is 264 g/mol. The molecular formula is C10H9ClN2O3S. The Morgan fingerprint density at radius 3 is 2.71 bits per heavy atom. The summed E-state index contributed by atoms with van der Waals surface area (Å²) >= 11 is 0. The largest absolute Gasteiger partial charge is 0.299 e. The van der Waals surface area contributed by atoms with Gasteiger partial charge in [0, 0.05) is 17.2 Å². The van der Waals surface area contributed by atoms with Crippen LogP contribution in [0.15, 0.2) is 34.2 Å². The Kier molecular flexibility index (Phi) is 2.92. The lowest BCUT2D eigenvalue weighted by Crippen LogP contribution is -2.19. The number of nitrogens with zero attached hydrogens (tertiary/aromatic N) is 2. The van der Waals surface area contributed by atoms with E-state index in [0.29, 0.717) is 12.1 Å². The molecule has 2 rings (SSSR count). The van der Waals surface area contributed by atoms with E-state index in [4.69, 9.17) is 10.7 Å². The molecule has 0 aliphatic carbocycles. The molecule has 0 saturated heterocycles. The minimum absolute atomic E-state index is 0.0978. The van der Waals surface area contributed by atoms with Gasteiger partial charge < -0.3 is 0 Å². The summed E-state index contributed by atoms with van der Waals surface area (Å²) in [7, 11) is 1.39. The van der Waals surface area contributed by atoms with E-state index < -0.39 is 9.05 Å². The second kappa shape index (κ2) is 4.12. The van der Waals surface area contributed by atoms with Crippen molar-refractivity contribution < 1.29 is 8.42 Å². The second-order valence-corrected chi connectivity index (χ2v) is 6.02. The van der Waals surface area contributed by atoms with Crippen molar-refractivity contribution in [3.63, 3.8) is 0 Å². The fourth-order valence-electron chi connectivity index (χ4n) is 1.51. The van der Waals surface area contributed by atoms with Crippen LogP contribution in [0.25, 0.3) is 10.9 Å². The molecule has 0 spiro atoms. The Bertz CT molecular complexity index is 737. The van der Waals surface area contributed by atoms with Gasteiger partial charge in [-0.2, -0.15) is 0 Å². The van der Waals surface area contributed by atoms with Gasteiger partial charge in [-0.05, 0) is 25.1 Å². The lowest BCUT2D eigenvalue weighted by molar-refractivity contribution is 0.609. The minimum atomic E-state index is -3.83. The third-order valence-corrected chi connectivity index (χ3v) is 3.77. The molecule has 90 valence electrons. The van der Waals surface area contributed by atoms with Crippen LogP contribution in [0.1, 0.15) is 6.92 Å². The molecule has 0 bridgehead atoms. The highest BCUT2D eigenvalue weighted by molar-refractivity contribution is 8.13. The first-order valence-corrected chi connectivity index (χ1v) is 7.18. The Hall–Kier alpha value is -1.40. The van der Waals surface area contributed by atoms with Crippen LogP contribution in [0.4, 0.5) is 0 Å². The molecule has 0 N–H and O–H groups in total. The van der Waals surface area contributed by atoms with Gasteiger partial charge in [-0.1, -0.05) is 0 Å². The molecule has 0 amide bonds. The van der Waals surface area contributed by atoms with Crippen LogP contribution < -0.4 is 5.56 Å². The van der Waals surface area contributed by atoms with E-state index in [0.717, 1.165) is 0 Å². The monoisotopic (exact) mass is 272 g/mol. The SMILES string of the molecule is CCn1cnc2ccc(S(=O)(=O)Cl)cc2c1=O. The third-order valence-electron chi connectivity index (χ3n) is 2.42. The highest BCUT2D eigenvalue weighted by Gasteiger charge is 2.12. The topological polar surface area (TPSA) is 69.0 Å². The van der Waals surface area contributed by atoms with Crippen LogP contribution in [0, 0.1) is 0 Å². The first-order valence-electron chi connectivity index (χ1n) is 4.87. The average molecular weight is 273 g/mol. The molecule has 0 fully saturated rings. The van der Waals surface area contributed by atoms with Gasteiger partial charge >= 0.3 is 0 Å². The summed E-state index contributed by atoms with van der Waals surface area (Å²) in [4.78, 5) is 15.9. The second-order valence-electron chi connectivity index (χ2n) is 3.45. The predicted molar refractivity (Wildman–Crippen MR) is 64.7 cm³/mol. The summed E-state index contributed by atoms with van der Waals surface area (Å²) in [6.07, 6.45) is 1.43. The van der Waals surface area contributed by atoms with E-state index in [-0.39, 0.29) is 15.8 Å². The number of hydrogen-bond acceptors (Lipinski definition) is 4. The van der Waals surface area contributed by atoms with Crippen molar-refractivity contribution >= 4 is 30.6 Å². The van der Waals surface area contributed by atoms with Gasteiger partial charge in [0.15, 0.2) is 0 Å². The fraction of sp³-hybridized carbons (Fsp3) is 0.200. The van der Waals surface area contributed by atoms with Gasteiger partial charge in [-0.3, -0.25) is 9.36 Å². The molecule has 7 heteroatoms. The lowest BCUT2D eigenvalue weighted by atomic mass is 10.2. The van der Waals surface area contributed by atoms with Gasteiger partial charge in [-0.25, -0.2) is 13.4 Å². The summed E-state index contributed by atoms with van der Waals surface area (Å²) in [5, 5.41) is 0.246. The number of benzene rings is 1. The Morgan fingerprint density at radius 2 is 2.12 bits per heavy atom. The quantitative estimate of drug-likeness (QED) is 0.774. The highest BCUT2D eigenvalue weighted by Crippen LogP contribution is 2.18. The molecule has 0 saturated carbocycles. The Morgan fingerprint density at radius 1 is 1.41 bits per heavy atom. The molecule has 1 aromatic heterocycles. The molecule has 0 radical (unpaired) electrons. The lowest BCUT2D eigenvalue weighted by Gasteiger charge is -2.03. The third kappa shape index (κ3) is 2.18. The number of fused-ring (bicyclic) bond motifs is 1. The smallest absolute Gasteiger partial charge is 0.261 e. The van der Waals surface area contributed by atoms with E-state index >= 15 is 0 Å². The van der Waals surface area contributed by atoms with Crippen LogP contribution in [-0.2, 0) is 15.6 Å². The van der Waals surface area contributed by atoms with Crippen molar-refractivity contribution in [2.45, 2.75) is 18.4 Å². The van der Waals surface area contributed by atoms with Crippen LogP contribution in [0.2, 0.25) is 0 Å². The normalized spacial score (nSPS) is 11.9. The van der Waals surface area contributed by atoms with Crippen molar-refractivity contribution in [3.8, 4) is 0 Å². The zero-order valence-electron chi connectivity index (χ0n) is 8.92. The van der Waals surface area contributed by atoms with E-state index in [2.05, 4.69) is 4.98 Å². The molecule has 5 nitrogen and oxygen atoms in total. The number of aryl methyl sites for hydroxylation is 1. The minimum Gasteiger partial charge on any atom is -0.299 e. The first kappa shape index (κ1) is 12.1. The predicted octanol–water partition coefficient (Wildman–Crippen LogP) is 1.34. The first-order chi connectivity index (χ1) is 7.93. The maximum absolute atomic E-state index is 11.9. The number of rotatable bonds is 2. The van der Waals surface area contributed by atoms with Gasteiger partial charge in [0.2, 0.25) is 0 Å². The molecule has 0 unspecified atom stereocenters. The van der Waals surface area contributed by atoms with Crippen molar-refractivity contribution in [1.82, 2.24) is 9.55 Å². The van der Waals surface area contributed by atoms with Crippen LogP contribution in [0.3, 0.4) is 0 Å². The number of hydrogen-bond donors (Lipinski definition) is 0. The average Bonchev–Trinajstić information content (AvgIpc) is 2.28. The summed E-state index contributed by atoms with van der Waals surface area (Å²) < 4.78 is 23.8. The van der Waals surface area contributed by atoms with Gasteiger partial charge in [-0.15, -0.1) is 0 Å². The molecule has 1 heterocycles. The van der Waals surface area contributed by atoms with E-state index in [1.807, 2.05) is 0 Å². The van der Waals surface area contributed by atoms with E-state index in [9.17, 15) is 13.2 Å². The highest BCUT2D eigenvalue weighted by atomic mass is 35.7. The number of aromatic nitrogens is 2. The van der Waals surface area contributed by atoms with E-state index in [1.54, 1.807) is 6.92 Å². The molecule has 0 atom stereocenters. The van der Waals surface area contributed by atoms with Crippen LogP contribution in [-0.4, -0.2) is 18.0 Å². The summed E-state index contributed by atoms with van der Waals surface area (Å²) in [5.41, 5.74) is 0.170. The van der Waals surface area contributed by atoms with Gasteiger partial charge in [0.05, 0.1) is 22.1 Å². The molecule has 2 aromatic rings. The van der Waals surface area contributed by atoms with Crippen molar-refractivity contribution in [2.24, 2.45) is 0 Å². The fourth-order valence-corrected chi connectivity index (χ4v) is 2.29. The Labute approximate surface area is 102 Å². The maximum atomic E-state index is 11.9. The van der Waals surface area contributed by atoms with E-state index in [1.165, 1.54) is 29.1 Å². The van der Waals surface area contributed by atoms with Crippen LogP contribution >= 0.6 is 10.7 Å². The van der Waals surface area contributed by atoms with Crippen molar-refractivity contribution in [3.05, 3.63) is 34.9 Å². The molecule has 1 aromatic carbocycles. The van der Waals surface area contributed by atoms with Gasteiger partial charge in [0.1, 0.15) is 0 Å². The summed E-state index contributed by atoms with van der Waals surface area (Å²) in [5.74, 6) is 0. The molecule has 17 heavy (non-hydrogen) atoms. The van der Waals surface area contributed by atoms with Crippen molar-refractivity contribution in [2.75, 3.05) is 0 Å². The molecule has 0 aliphatic heterocycles. The summed E-state index contributed by atoms with van der Waals surface area (Å²) in [6, 6.07) is 4.04. The zero-order chi connectivity index (χ0) is 12.6. The standard InChI is InChI=1S/C10H9ClN2O3S/c1-2-13-6-12-9-4-3-7(17(11,15)16)5-8(9)10(13)14/h3-6H,2H2,1H3. The van der Waals surface area contributed by atoms with Gasteiger partial charge in [0.25, 0.3) is 14.6 Å². The maximum Gasteiger partial charge on any atom is 0.261 e. The Balaban J connectivity index is 2.85. The number of halogens is 1. The molecule has 0 aliphatic rings.